The first kappa shape index (κ1) is 9.72. The molecule has 0 spiro atoms. The summed E-state index contributed by atoms with van der Waals surface area (Å²) >= 11 is 0. The van der Waals surface area contributed by atoms with Crippen LogP contribution in [-0.4, -0.2) is 5.11 Å². The van der Waals surface area contributed by atoms with E-state index in [1.54, 1.807) is 0 Å². The second-order valence-corrected chi connectivity index (χ2v) is 4.56. The molecule has 0 bridgehead atoms. The fourth-order valence-corrected chi connectivity index (χ4v) is 2.30. The summed E-state index contributed by atoms with van der Waals surface area (Å²) in [4.78, 5) is 0. The van der Waals surface area contributed by atoms with E-state index in [2.05, 4.69) is 32.9 Å². The Morgan fingerprint density at radius 1 is 1.07 bits per heavy atom. The van der Waals surface area contributed by atoms with Crippen LogP contribution in [0.4, 0.5) is 0 Å². The molecule has 1 aliphatic carbocycles. The molecule has 1 nitrogen and oxygen atoms in total. The Balaban J connectivity index is 2.56. The van der Waals surface area contributed by atoms with E-state index in [1.165, 1.54) is 16.7 Å². The van der Waals surface area contributed by atoms with E-state index in [-0.39, 0.29) is 6.10 Å². The summed E-state index contributed by atoms with van der Waals surface area (Å²) in [5.41, 5.74) is 5.14. The Kier molecular flexibility index (Phi) is 2.36. The van der Waals surface area contributed by atoms with Crippen LogP contribution in [0.15, 0.2) is 12.1 Å². The van der Waals surface area contributed by atoms with E-state index in [0.29, 0.717) is 5.92 Å². The smallest absolute Gasteiger partial charge is 0.0793 e. The Morgan fingerprint density at radius 2 is 1.64 bits per heavy atom. The molecule has 0 heterocycles. The van der Waals surface area contributed by atoms with Crippen molar-refractivity contribution in [1.29, 1.82) is 0 Å². The number of rotatable bonds is 0. The van der Waals surface area contributed by atoms with E-state index in [4.69, 9.17) is 0 Å². The van der Waals surface area contributed by atoms with Crippen LogP contribution in [0, 0.1) is 13.8 Å². The Morgan fingerprint density at radius 3 is 2.29 bits per heavy atom. The predicted octanol–water partition coefficient (Wildman–Crippen LogP) is 3.23. The van der Waals surface area contributed by atoms with Gasteiger partial charge in [-0.05, 0) is 54.9 Å². The molecule has 0 saturated heterocycles. The van der Waals surface area contributed by atoms with E-state index in [1.807, 2.05) is 0 Å². The maximum Gasteiger partial charge on any atom is 0.0793 e. The SMILES string of the molecule is Cc1cc2c(cc1C)C(O)CCC2C. The van der Waals surface area contributed by atoms with Crippen molar-refractivity contribution < 1.29 is 5.11 Å². The Bertz CT molecular complexity index is 319. The summed E-state index contributed by atoms with van der Waals surface area (Å²) in [6.07, 6.45) is 1.79. The number of benzene rings is 1. The zero-order valence-corrected chi connectivity index (χ0v) is 9.17. The first-order valence-corrected chi connectivity index (χ1v) is 5.38. The molecular formula is C13H18O. The van der Waals surface area contributed by atoms with Crippen molar-refractivity contribution in [2.45, 2.75) is 45.6 Å². The lowest BCUT2D eigenvalue weighted by Crippen LogP contribution is -2.13. The van der Waals surface area contributed by atoms with Crippen LogP contribution in [0.1, 0.15) is 54.0 Å². The van der Waals surface area contributed by atoms with Gasteiger partial charge in [0, 0.05) is 0 Å². The summed E-state index contributed by atoms with van der Waals surface area (Å²) in [6.45, 7) is 6.50. The third-order valence-corrected chi connectivity index (χ3v) is 3.46. The summed E-state index contributed by atoms with van der Waals surface area (Å²) in [7, 11) is 0. The van der Waals surface area contributed by atoms with Crippen LogP contribution < -0.4 is 0 Å². The highest BCUT2D eigenvalue weighted by molar-refractivity contribution is 5.41. The molecule has 2 unspecified atom stereocenters. The summed E-state index contributed by atoms with van der Waals surface area (Å²) in [5.74, 6) is 0.604. The van der Waals surface area contributed by atoms with Crippen molar-refractivity contribution in [3.8, 4) is 0 Å². The van der Waals surface area contributed by atoms with Gasteiger partial charge in [-0.2, -0.15) is 0 Å². The molecule has 2 rings (SSSR count). The molecule has 0 amide bonds. The topological polar surface area (TPSA) is 20.2 Å². The number of aryl methyl sites for hydroxylation is 2. The molecule has 2 atom stereocenters. The monoisotopic (exact) mass is 190 g/mol. The molecule has 1 aromatic carbocycles. The van der Waals surface area contributed by atoms with Gasteiger partial charge in [0.15, 0.2) is 0 Å². The first-order chi connectivity index (χ1) is 6.59. The highest BCUT2D eigenvalue weighted by Crippen LogP contribution is 2.38. The minimum Gasteiger partial charge on any atom is -0.388 e. The fourth-order valence-electron chi connectivity index (χ4n) is 2.30. The third-order valence-electron chi connectivity index (χ3n) is 3.46. The molecule has 0 fully saturated rings. The maximum atomic E-state index is 9.89. The lowest BCUT2D eigenvalue weighted by molar-refractivity contribution is 0.151. The quantitative estimate of drug-likeness (QED) is 0.666. The van der Waals surface area contributed by atoms with Crippen LogP contribution >= 0.6 is 0 Å². The second-order valence-electron chi connectivity index (χ2n) is 4.56. The van der Waals surface area contributed by atoms with Gasteiger partial charge in [0.25, 0.3) is 0 Å². The minimum atomic E-state index is -0.236. The molecule has 1 heteroatoms. The van der Waals surface area contributed by atoms with Crippen LogP contribution in [0.3, 0.4) is 0 Å². The van der Waals surface area contributed by atoms with Crippen molar-refractivity contribution in [1.82, 2.24) is 0 Å². The van der Waals surface area contributed by atoms with Crippen molar-refractivity contribution in [3.63, 3.8) is 0 Å². The van der Waals surface area contributed by atoms with Crippen LogP contribution in [0.25, 0.3) is 0 Å². The highest BCUT2D eigenvalue weighted by atomic mass is 16.3. The Hall–Kier alpha value is -0.820. The number of hydrogen-bond acceptors (Lipinski definition) is 1. The summed E-state index contributed by atoms with van der Waals surface area (Å²) in [5, 5.41) is 9.89. The molecular weight excluding hydrogens is 172 g/mol. The predicted molar refractivity (Wildman–Crippen MR) is 58.5 cm³/mol. The molecule has 1 aliphatic rings. The lowest BCUT2D eigenvalue weighted by atomic mass is 9.80. The Labute approximate surface area is 85.8 Å². The first-order valence-electron chi connectivity index (χ1n) is 5.38. The number of hydrogen-bond donors (Lipinski definition) is 1. The zero-order valence-electron chi connectivity index (χ0n) is 9.17. The van der Waals surface area contributed by atoms with Crippen molar-refractivity contribution in [2.75, 3.05) is 0 Å². The van der Waals surface area contributed by atoms with Crippen molar-refractivity contribution in [3.05, 3.63) is 34.4 Å². The lowest BCUT2D eigenvalue weighted by Gasteiger charge is -2.27. The standard InChI is InChI=1S/C13H18O/c1-8-4-5-13(14)12-7-10(3)9(2)6-11(8)12/h6-8,13-14H,4-5H2,1-3H3. The molecule has 0 radical (unpaired) electrons. The summed E-state index contributed by atoms with van der Waals surface area (Å²) in [6, 6.07) is 4.41. The summed E-state index contributed by atoms with van der Waals surface area (Å²) < 4.78 is 0. The average Bonchev–Trinajstić information content (AvgIpc) is 2.15. The molecule has 1 aromatic rings. The van der Waals surface area contributed by atoms with Crippen LogP contribution in [0.5, 0.6) is 0 Å². The van der Waals surface area contributed by atoms with Gasteiger partial charge in [0.1, 0.15) is 0 Å². The van der Waals surface area contributed by atoms with E-state index in [0.717, 1.165) is 18.4 Å². The normalized spacial score (nSPS) is 26.0. The zero-order chi connectivity index (χ0) is 10.3. The number of aliphatic hydroxyl groups excluding tert-OH is 1. The third kappa shape index (κ3) is 1.46. The van der Waals surface area contributed by atoms with Crippen molar-refractivity contribution >= 4 is 0 Å². The van der Waals surface area contributed by atoms with E-state index >= 15 is 0 Å². The maximum absolute atomic E-state index is 9.89. The molecule has 1 N–H and O–H groups in total. The second kappa shape index (κ2) is 3.39. The van der Waals surface area contributed by atoms with Crippen molar-refractivity contribution in [2.24, 2.45) is 0 Å². The molecule has 76 valence electrons. The van der Waals surface area contributed by atoms with Gasteiger partial charge in [0.2, 0.25) is 0 Å². The fraction of sp³-hybridized carbons (Fsp3) is 0.538. The van der Waals surface area contributed by atoms with Gasteiger partial charge < -0.3 is 5.11 Å². The van der Waals surface area contributed by atoms with Gasteiger partial charge in [-0.3, -0.25) is 0 Å². The number of fused-ring (bicyclic) bond motifs is 1. The van der Waals surface area contributed by atoms with Gasteiger partial charge in [-0.15, -0.1) is 0 Å². The van der Waals surface area contributed by atoms with Gasteiger partial charge >= 0.3 is 0 Å². The molecule has 0 aliphatic heterocycles. The number of aliphatic hydroxyl groups is 1. The van der Waals surface area contributed by atoms with Crippen LogP contribution in [0.2, 0.25) is 0 Å². The molecule has 0 aromatic heterocycles. The highest BCUT2D eigenvalue weighted by Gasteiger charge is 2.23. The largest absolute Gasteiger partial charge is 0.388 e. The van der Waals surface area contributed by atoms with E-state index in [9.17, 15) is 5.11 Å². The minimum absolute atomic E-state index is 0.236. The molecule has 14 heavy (non-hydrogen) atoms. The van der Waals surface area contributed by atoms with E-state index < -0.39 is 0 Å². The van der Waals surface area contributed by atoms with Crippen LogP contribution in [-0.2, 0) is 0 Å². The molecule has 0 saturated carbocycles. The average molecular weight is 190 g/mol. The van der Waals surface area contributed by atoms with Gasteiger partial charge in [-0.1, -0.05) is 19.1 Å². The van der Waals surface area contributed by atoms with Gasteiger partial charge in [-0.25, -0.2) is 0 Å². The van der Waals surface area contributed by atoms with Gasteiger partial charge in [0.05, 0.1) is 6.10 Å².